The Labute approximate surface area is 199 Å². The lowest BCUT2D eigenvalue weighted by Gasteiger charge is -2.20. The molecule has 1 amide bonds. The molecule has 3 aromatic carbocycles. The van der Waals surface area contributed by atoms with Crippen LogP contribution in [0.25, 0.3) is 11.0 Å². The molecule has 1 aromatic heterocycles. The maximum absolute atomic E-state index is 13.1. The summed E-state index contributed by atoms with van der Waals surface area (Å²) in [7, 11) is 1.65. The zero-order chi connectivity index (χ0) is 23.7. The SMILES string of the molecule is COc1ccc(OCCn2c([C@H]3CC(=O)N(c4cc(C)ccc4C)C3)nc3ccccc32)cc1. The molecule has 0 aliphatic carbocycles. The molecule has 34 heavy (non-hydrogen) atoms. The number of aryl methyl sites for hydroxylation is 2. The first-order chi connectivity index (χ1) is 16.5. The molecule has 2 heterocycles. The van der Waals surface area contributed by atoms with Crippen LogP contribution in [0.5, 0.6) is 11.5 Å². The third-order valence-corrected chi connectivity index (χ3v) is 6.47. The standard InChI is InChI=1S/C28H29N3O3/c1-19-8-9-20(2)26(16-19)31-18-21(17-27(31)32)28-29-24-6-4-5-7-25(24)30(28)14-15-34-23-12-10-22(33-3)11-13-23/h4-13,16,21H,14-15,17-18H2,1-3H3/t21-/m0/s1. The highest BCUT2D eigenvalue weighted by molar-refractivity contribution is 5.97. The van der Waals surface area contributed by atoms with E-state index in [9.17, 15) is 4.79 Å². The van der Waals surface area contributed by atoms with E-state index in [1.54, 1.807) is 7.11 Å². The normalized spacial score (nSPS) is 15.8. The lowest BCUT2D eigenvalue weighted by Crippen LogP contribution is -2.25. The number of hydrogen-bond acceptors (Lipinski definition) is 4. The van der Waals surface area contributed by atoms with Gasteiger partial charge in [-0.15, -0.1) is 0 Å². The molecule has 6 nitrogen and oxygen atoms in total. The molecule has 0 unspecified atom stereocenters. The van der Waals surface area contributed by atoms with E-state index in [-0.39, 0.29) is 11.8 Å². The highest BCUT2D eigenvalue weighted by Crippen LogP contribution is 2.35. The summed E-state index contributed by atoms with van der Waals surface area (Å²) in [6.45, 7) is 5.90. The van der Waals surface area contributed by atoms with Crippen molar-refractivity contribution >= 4 is 22.6 Å². The number of ether oxygens (including phenoxy) is 2. The molecule has 1 fully saturated rings. The summed E-state index contributed by atoms with van der Waals surface area (Å²) in [5.41, 5.74) is 5.27. The molecular formula is C28H29N3O3. The van der Waals surface area contributed by atoms with Crippen LogP contribution in [0, 0.1) is 13.8 Å². The molecule has 1 aliphatic heterocycles. The number of carbonyl (C=O) groups excluding carboxylic acids is 1. The topological polar surface area (TPSA) is 56.6 Å². The van der Waals surface area contributed by atoms with E-state index in [4.69, 9.17) is 14.5 Å². The zero-order valence-electron chi connectivity index (χ0n) is 19.8. The van der Waals surface area contributed by atoms with Crippen molar-refractivity contribution in [3.63, 3.8) is 0 Å². The van der Waals surface area contributed by atoms with E-state index in [0.717, 1.165) is 45.2 Å². The first kappa shape index (κ1) is 22.0. The summed E-state index contributed by atoms with van der Waals surface area (Å²) >= 11 is 0. The van der Waals surface area contributed by atoms with Gasteiger partial charge in [0, 0.05) is 24.6 Å². The Bertz CT molecular complexity index is 1330. The van der Waals surface area contributed by atoms with Crippen molar-refractivity contribution in [2.24, 2.45) is 0 Å². The molecule has 1 aliphatic rings. The molecule has 5 rings (SSSR count). The number of carbonyl (C=O) groups is 1. The van der Waals surface area contributed by atoms with Crippen molar-refractivity contribution in [2.45, 2.75) is 32.7 Å². The summed E-state index contributed by atoms with van der Waals surface area (Å²) in [6.07, 6.45) is 0.454. The predicted molar refractivity (Wildman–Crippen MR) is 134 cm³/mol. The number of rotatable bonds is 7. The fourth-order valence-electron chi connectivity index (χ4n) is 4.69. The van der Waals surface area contributed by atoms with Gasteiger partial charge in [0.25, 0.3) is 0 Å². The van der Waals surface area contributed by atoms with Crippen molar-refractivity contribution in [3.8, 4) is 11.5 Å². The van der Waals surface area contributed by atoms with Gasteiger partial charge in [0.05, 0.1) is 24.7 Å². The minimum Gasteiger partial charge on any atom is -0.497 e. The lowest BCUT2D eigenvalue weighted by atomic mass is 10.1. The molecule has 174 valence electrons. The number of methoxy groups -OCH3 is 1. The molecule has 1 saturated heterocycles. The summed E-state index contributed by atoms with van der Waals surface area (Å²) in [4.78, 5) is 19.9. The third kappa shape index (κ3) is 4.23. The first-order valence-corrected chi connectivity index (χ1v) is 11.6. The van der Waals surface area contributed by atoms with E-state index in [1.165, 1.54) is 0 Å². The van der Waals surface area contributed by atoms with Crippen LogP contribution in [0.2, 0.25) is 0 Å². The monoisotopic (exact) mass is 455 g/mol. The smallest absolute Gasteiger partial charge is 0.227 e. The summed E-state index contributed by atoms with van der Waals surface area (Å²) in [6, 6.07) is 22.0. The number of imidazole rings is 1. The lowest BCUT2D eigenvalue weighted by molar-refractivity contribution is -0.117. The van der Waals surface area contributed by atoms with Gasteiger partial charge >= 0.3 is 0 Å². The second-order valence-electron chi connectivity index (χ2n) is 8.83. The number of amides is 1. The maximum Gasteiger partial charge on any atom is 0.227 e. The Kier molecular flexibility index (Phi) is 5.97. The van der Waals surface area contributed by atoms with Gasteiger partial charge in [0.15, 0.2) is 0 Å². The van der Waals surface area contributed by atoms with Crippen LogP contribution in [0.1, 0.15) is 29.3 Å². The van der Waals surface area contributed by atoms with Crippen LogP contribution in [0.3, 0.4) is 0 Å². The van der Waals surface area contributed by atoms with Crippen molar-refractivity contribution in [2.75, 3.05) is 25.2 Å². The van der Waals surface area contributed by atoms with Crippen molar-refractivity contribution in [3.05, 3.63) is 83.7 Å². The van der Waals surface area contributed by atoms with E-state index < -0.39 is 0 Å². The van der Waals surface area contributed by atoms with Crippen LogP contribution in [-0.2, 0) is 11.3 Å². The van der Waals surface area contributed by atoms with E-state index in [1.807, 2.05) is 47.4 Å². The molecule has 4 aromatic rings. The second-order valence-corrected chi connectivity index (χ2v) is 8.83. The number of anilines is 1. The second kappa shape index (κ2) is 9.21. The van der Waals surface area contributed by atoms with Crippen LogP contribution in [0.4, 0.5) is 5.69 Å². The van der Waals surface area contributed by atoms with Crippen LogP contribution in [0.15, 0.2) is 66.7 Å². The first-order valence-electron chi connectivity index (χ1n) is 11.6. The largest absolute Gasteiger partial charge is 0.497 e. The average molecular weight is 456 g/mol. The van der Waals surface area contributed by atoms with Gasteiger partial charge in [-0.1, -0.05) is 24.3 Å². The Balaban J connectivity index is 1.39. The minimum atomic E-state index is 0.0285. The summed E-state index contributed by atoms with van der Waals surface area (Å²) in [5.74, 6) is 2.71. The van der Waals surface area contributed by atoms with Gasteiger partial charge in [0.2, 0.25) is 5.91 Å². The van der Waals surface area contributed by atoms with Crippen LogP contribution < -0.4 is 14.4 Å². The van der Waals surface area contributed by atoms with Gasteiger partial charge in [-0.05, 0) is 67.4 Å². The Morgan fingerprint density at radius 3 is 2.56 bits per heavy atom. The molecule has 0 spiro atoms. The highest BCUT2D eigenvalue weighted by atomic mass is 16.5. The molecule has 0 saturated carbocycles. The number of benzene rings is 3. The number of nitrogens with zero attached hydrogens (tertiary/aromatic N) is 3. The Hall–Kier alpha value is -3.80. The van der Waals surface area contributed by atoms with Gasteiger partial charge in [0.1, 0.15) is 23.9 Å². The fourth-order valence-corrected chi connectivity index (χ4v) is 4.69. The van der Waals surface area contributed by atoms with Crippen molar-refractivity contribution in [1.29, 1.82) is 0 Å². The van der Waals surface area contributed by atoms with Crippen molar-refractivity contribution < 1.29 is 14.3 Å². The quantitative estimate of drug-likeness (QED) is 0.381. The summed E-state index contributed by atoms with van der Waals surface area (Å²) < 4.78 is 13.4. The van der Waals surface area contributed by atoms with E-state index >= 15 is 0 Å². The molecule has 0 radical (unpaired) electrons. The molecule has 0 N–H and O–H groups in total. The van der Waals surface area contributed by atoms with Crippen LogP contribution in [-0.4, -0.2) is 35.7 Å². The fraction of sp³-hybridized carbons (Fsp3) is 0.286. The zero-order valence-corrected chi connectivity index (χ0v) is 19.8. The van der Waals surface area contributed by atoms with E-state index in [0.29, 0.717) is 26.1 Å². The van der Waals surface area contributed by atoms with Gasteiger partial charge < -0.3 is 18.9 Å². The average Bonchev–Trinajstić information content (AvgIpc) is 3.41. The molecule has 1 atom stereocenters. The van der Waals surface area contributed by atoms with Gasteiger partial charge in [-0.3, -0.25) is 4.79 Å². The van der Waals surface area contributed by atoms with Crippen molar-refractivity contribution in [1.82, 2.24) is 9.55 Å². The molecule has 0 bridgehead atoms. The molecule has 6 heteroatoms. The summed E-state index contributed by atoms with van der Waals surface area (Å²) in [5, 5.41) is 0. The van der Waals surface area contributed by atoms with Gasteiger partial charge in [-0.25, -0.2) is 4.98 Å². The number of para-hydroxylation sites is 2. The highest BCUT2D eigenvalue weighted by Gasteiger charge is 2.35. The van der Waals surface area contributed by atoms with E-state index in [2.05, 4.69) is 42.7 Å². The third-order valence-electron chi connectivity index (χ3n) is 6.47. The number of aromatic nitrogens is 2. The van der Waals surface area contributed by atoms with Gasteiger partial charge in [-0.2, -0.15) is 0 Å². The predicted octanol–water partition coefficient (Wildman–Crippen LogP) is 5.26. The minimum absolute atomic E-state index is 0.0285. The molecular weight excluding hydrogens is 426 g/mol. The maximum atomic E-state index is 13.1. The Morgan fingerprint density at radius 1 is 1.00 bits per heavy atom. The number of hydrogen-bond donors (Lipinski definition) is 0. The van der Waals surface area contributed by atoms with Crippen LogP contribution >= 0.6 is 0 Å². The Morgan fingerprint density at radius 2 is 1.76 bits per heavy atom. The number of fused-ring (bicyclic) bond motifs is 1.